The van der Waals surface area contributed by atoms with Gasteiger partial charge < -0.3 is 15.1 Å². The highest BCUT2D eigenvalue weighted by atomic mass is 32.2. The molecule has 3 heterocycles. The Hall–Kier alpha value is -2.49. The van der Waals surface area contributed by atoms with Gasteiger partial charge in [0, 0.05) is 55.4 Å². The number of nitrogens with one attached hydrogen (secondary N) is 1. The zero-order valence-electron chi connectivity index (χ0n) is 19.0. The first-order valence-electron chi connectivity index (χ1n) is 11.1. The van der Waals surface area contributed by atoms with Crippen molar-refractivity contribution in [1.29, 1.82) is 0 Å². The van der Waals surface area contributed by atoms with Crippen molar-refractivity contribution in [2.24, 2.45) is 0 Å². The second kappa shape index (κ2) is 10.4. The predicted octanol–water partition coefficient (Wildman–Crippen LogP) is 2.40. The van der Waals surface area contributed by atoms with Gasteiger partial charge in [-0.3, -0.25) is 4.79 Å². The average molecular weight is 454 g/mol. The highest BCUT2D eigenvalue weighted by Gasteiger charge is 2.15. The molecule has 1 saturated heterocycles. The number of piperazine rings is 1. The molecule has 0 radical (unpaired) electrons. The summed E-state index contributed by atoms with van der Waals surface area (Å²) in [7, 11) is 2.16. The fourth-order valence-electron chi connectivity index (χ4n) is 3.89. The maximum atomic E-state index is 12.8. The van der Waals surface area contributed by atoms with E-state index in [9.17, 15) is 4.79 Å². The number of benzene rings is 1. The topological polar surface area (TPSA) is 78.7 Å². The van der Waals surface area contributed by atoms with Gasteiger partial charge in [0.15, 0.2) is 0 Å². The Morgan fingerprint density at radius 1 is 1.12 bits per heavy atom. The largest absolute Gasteiger partial charge is 0.352 e. The molecule has 0 atom stereocenters. The maximum absolute atomic E-state index is 12.8. The second-order valence-electron chi connectivity index (χ2n) is 8.35. The van der Waals surface area contributed by atoms with Crippen molar-refractivity contribution < 1.29 is 4.79 Å². The van der Waals surface area contributed by atoms with Crippen LogP contribution in [0.4, 0.5) is 0 Å². The molecule has 0 spiro atoms. The average Bonchev–Trinajstić information content (AvgIpc) is 3.20. The third kappa shape index (κ3) is 5.65. The number of aryl methyl sites for hydroxylation is 2. The van der Waals surface area contributed by atoms with E-state index < -0.39 is 0 Å². The smallest absolute Gasteiger partial charge is 0.253 e. The molecule has 1 fully saturated rings. The minimum absolute atomic E-state index is 0.0179. The summed E-state index contributed by atoms with van der Waals surface area (Å²) in [5.41, 5.74) is 3.62. The fraction of sp³-hybridized carbons (Fsp3) is 0.478. The number of rotatable bonds is 8. The van der Waals surface area contributed by atoms with E-state index in [-0.39, 0.29) is 5.91 Å². The van der Waals surface area contributed by atoms with Gasteiger partial charge in [-0.2, -0.15) is 4.98 Å². The van der Waals surface area contributed by atoms with E-state index in [0.29, 0.717) is 28.8 Å². The van der Waals surface area contributed by atoms with Crippen LogP contribution in [-0.2, 0) is 5.75 Å². The van der Waals surface area contributed by atoms with Gasteiger partial charge in [-0.25, -0.2) is 9.50 Å². The molecule has 1 N–H and O–H groups in total. The van der Waals surface area contributed by atoms with Crippen LogP contribution in [0, 0.1) is 13.8 Å². The van der Waals surface area contributed by atoms with Crippen molar-refractivity contribution in [3.05, 3.63) is 52.8 Å². The molecular formula is C23H31N7OS. The van der Waals surface area contributed by atoms with E-state index in [1.165, 1.54) is 11.8 Å². The van der Waals surface area contributed by atoms with E-state index in [4.69, 9.17) is 0 Å². The van der Waals surface area contributed by atoms with Crippen LogP contribution in [0.2, 0.25) is 0 Å². The van der Waals surface area contributed by atoms with Gasteiger partial charge in [-0.15, -0.1) is 5.10 Å². The Kier molecular flexibility index (Phi) is 7.39. The number of nitrogens with zero attached hydrogens (tertiary/aromatic N) is 6. The summed E-state index contributed by atoms with van der Waals surface area (Å²) in [6.07, 6.45) is 0.962. The molecule has 1 aliphatic heterocycles. The first-order chi connectivity index (χ1) is 15.5. The van der Waals surface area contributed by atoms with Crippen LogP contribution in [0.15, 0.2) is 35.5 Å². The van der Waals surface area contributed by atoms with Crippen LogP contribution in [0.3, 0.4) is 0 Å². The molecule has 170 valence electrons. The van der Waals surface area contributed by atoms with Crippen molar-refractivity contribution in [1.82, 2.24) is 34.7 Å². The minimum atomic E-state index is -0.0179. The van der Waals surface area contributed by atoms with Crippen LogP contribution in [-0.4, -0.2) is 81.6 Å². The normalized spacial score (nSPS) is 15.3. The summed E-state index contributed by atoms with van der Waals surface area (Å²) < 4.78 is 1.76. The molecule has 9 heteroatoms. The minimum Gasteiger partial charge on any atom is -0.352 e. The first-order valence-corrected chi connectivity index (χ1v) is 12.1. The Bertz CT molecular complexity index is 1080. The first kappa shape index (κ1) is 22.7. The summed E-state index contributed by atoms with van der Waals surface area (Å²) in [6, 6.07) is 9.74. The lowest BCUT2D eigenvalue weighted by atomic mass is 10.1. The zero-order valence-corrected chi connectivity index (χ0v) is 19.9. The van der Waals surface area contributed by atoms with Crippen LogP contribution >= 0.6 is 11.8 Å². The molecule has 0 saturated carbocycles. The molecule has 2 aromatic heterocycles. The molecule has 8 nitrogen and oxygen atoms in total. The number of carbonyl (C=O) groups is 1. The number of thioether (sulfide) groups is 1. The van der Waals surface area contributed by atoms with Crippen LogP contribution in [0.25, 0.3) is 5.78 Å². The van der Waals surface area contributed by atoms with Gasteiger partial charge in [0.2, 0.25) is 5.16 Å². The number of amides is 1. The zero-order chi connectivity index (χ0) is 22.5. The lowest BCUT2D eigenvalue weighted by molar-refractivity contribution is 0.0948. The SMILES string of the molecule is Cc1cc(C)n2nc(SCc3ccccc3C(=O)NCCCN3CCN(C)CC3)nc2n1. The Morgan fingerprint density at radius 2 is 1.91 bits per heavy atom. The summed E-state index contributed by atoms with van der Waals surface area (Å²) in [4.78, 5) is 26.6. The molecule has 32 heavy (non-hydrogen) atoms. The summed E-state index contributed by atoms with van der Waals surface area (Å²) >= 11 is 1.52. The van der Waals surface area contributed by atoms with Crippen LogP contribution < -0.4 is 5.32 Å². The van der Waals surface area contributed by atoms with E-state index in [0.717, 1.165) is 56.1 Å². The van der Waals surface area contributed by atoms with Crippen molar-refractivity contribution in [2.45, 2.75) is 31.2 Å². The number of likely N-dealkylation sites (N-methyl/N-ethyl adjacent to an activating group) is 1. The lowest BCUT2D eigenvalue weighted by Gasteiger charge is -2.32. The number of hydrogen-bond donors (Lipinski definition) is 1. The summed E-state index contributed by atoms with van der Waals surface area (Å²) in [5, 5.41) is 8.30. The van der Waals surface area contributed by atoms with E-state index in [1.807, 2.05) is 44.2 Å². The third-order valence-corrected chi connectivity index (χ3v) is 6.64. The van der Waals surface area contributed by atoms with Gasteiger partial charge in [0.1, 0.15) is 0 Å². The molecule has 0 aliphatic carbocycles. The maximum Gasteiger partial charge on any atom is 0.253 e. The number of fused-ring (bicyclic) bond motifs is 1. The predicted molar refractivity (Wildman–Crippen MR) is 127 cm³/mol. The standard InChI is InChI=1S/C23H31N7OS/c1-17-15-18(2)30-22(25-17)26-23(27-30)32-16-19-7-4-5-8-20(19)21(31)24-9-6-10-29-13-11-28(3)12-14-29/h4-5,7-8,15H,6,9-14,16H2,1-3H3,(H,24,31). The summed E-state index contributed by atoms with van der Waals surface area (Å²) in [5.74, 6) is 1.21. The van der Waals surface area contributed by atoms with E-state index >= 15 is 0 Å². The highest BCUT2D eigenvalue weighted by molar-refractivity contribution is 7.98. The number of hydrogen-bond acceptors (Lipinski definition) is 7. The third-order valence-electron chi connectivity index (χ3n) is 5.75. The van der Waals surface area contributed by atoms with Gasteiger partial charge in [-0.05, 0) is 51.6 Å². The van der Waals surface area contributed by atoms with Gasteiger partial charge in [-0.1, -0.05) is 30.0 Å². The van der Waals surface area contributed by atoms with E-state index in [1.54, 1.807) is 4.52 Å². The molecule has 1 aliphatic rings. The lowest BCUT2D eigenvalue weighted by Crippen LogP contribution is -2.45. The molecule has 1 aromatic carbocycles. The van der Waals surface area contributed by atoms with Crippen molar-refractivity contribution in [3.8, 4) is 0 Å². The van der Waals surface area contributed by atoms with Crippen LogP contribution in [0.1, 0.15) is 33.7 Å². The van der Waals surface area contributed by atoms with Gasteiger partial charge in [0.25, 0.3) is 11.7 Å². The van der Waals surface area contributed by atoms with E-state index in [2.05, 4.69) is 37.2 Å². The number of carbonyl (C=O) groups excluding carboxylic acids is 1. The summed E-state index contributed by atoms with van der Waals surface area (Å²) in [6.45, 7) is 10.1. The molecule has 0 unspecified atom stereocenters. The monoisotopic (exact) mass is 453 g/mol. The van der Waals surface area contributed by atoms with Crippen LogP contribution in [0.5, 0.6) is 0 Å². The molecule has 3 aromatic rings. The quantitative estimate of drug-likeness (QED) is 0.414. The highest BCUT2D eigenvalue weighted by Crippen LogP contribution is 2.22. The second-order valence-corrected chi connectivity index (χ2v) is 9.29. The van der Waals surface area contributed by atoms with Crippen molar-refractivity contribution >= 4 is 23.4 Å². The Morgan fingerprint density at radius 3 is 2.72 bits per heavy atom. The van der Waals surface area contributed by atoms with Gasteiger partial charge >= 0.3 is 0 Å². The molecule has 4 rings (SSSR count). The van der Waals surface area contributed by atoms with Crippen molar-refractivity contribution in [2.75, 3.05) is 46.3 Å². The number of aromatic nitrogens is 4. The molecular weight excluding hydrogens is 422 g/mol. The molecule has 0 bridgehead atoms. The Labute approximate surface area is 193 Å². The fourth-order valence-corrected chi connectivity index (χ4v) is 4.71. The Balaban J connectivity index is 1.31. The molecule has 1 amide bonds. The van der Waals surface area contributed by atoms with Crippen molar-refractivity contribution in [3.63, 3.8) is 0 Å². The van der Waals surface area contributed by atoms with Gasteiger partial charge in [0.05, 0.1) is 0 Å².